The van der Waals surface area contributed by atoms with E-state index in [2.05, 4.69) is 5.32 Å². The Kier molecular flexibility index (Phi) is 5.13. The highest BCUT2D eigenvalue weighted by Gasteiger charge is 2.40. The van der Waals surface area contributed by atoms with Crippen LogP contribution in [0.5, 0.6) is 0 Å². The van der Waals surface area contributed by atoms with Crippen LogP contribution >= 0.6 is 11.3 Å². The predicted molar refractivity (Wildman–Crippen MR) is 85.5 cm³/mol. The molecular formula is C17H23NO3S. The molecule has 2 aliphatic rings. The number of nitrogens with one attached hydrogen (secondary N) is 1. The van der Waals surface area contributed by atoms with Gasteiger partial charge in [0.2, 0.25) is 0 Å². The Bertz CT molecular complexity index is 514. The molecule has 2 saturated carbocycles. The van der Waals surface area contributed by atoms with Crippen molar-refractivity contribution in [3.8, 4) is 0 Å². The van der Waals surface area contributed by atoms with Crippen molar-refractivity contribution in [2.45, 2.75) is 38.5 Å². The van der Waals surface area contributed by atoms with Crippen LogP contribution in [0, 0.1) is 17.8 Å². The number of carbonyl (C=O) groups excluding carboxylic acids is 2. The molecule has 3 unspecified atom stereocenters. The number of thiophene rings is 1. The summed E-state index contributed by atoms with van der Waals surface area (Å²) in [6.45, 7) is 0.438. The van der Waals surface area contributed by atoms with Crippen LogP contribution in [0.4, 0.5) is 0 Å². The zero-order valence-corrected chi connectivity index (χ0v) is 13.6. The van der Waals surface area contributed by atoms with Crippen molar-refractivity contribution in [3.63, 3.8) is 0 Å². The molecule has 0 saturated heterocycles. The van der Waals surface area contributed by atoms with Gasteiger partial charge >= 0.3 is 5.97 Å². The zero-order valence-electron chi connectivity index (χ0n) is 12.8. The van der Waals surface area contributed by atoms with Crippen LogP contribution in [-0.4, -0.2) is 25.0 Å². The number of hydrogen-bond donors (Lipinski definition) is 1. The Morgan fingerprint density at radius 3 is 2.91 bits per heavy atom. The van der Waals surface area contributed by atoms with Gasteiger partial charge in [0.25, 0.3) is 5.91 Å². The van der Waals surface area contributed by atoms with Gasteiger partial charge in [0.1, 0.15) is 0 Å². The third-order valence-electron chi connectivity index (χ3n) is 4.95. The van der Waals surface area contributed by atoms with Gasteiger partial charge in [-0.25, -0.2) is 0 Å². The summed E-state index contributed by atoms with van der Waals surface area (Å²) in [7, 11) is 0. The van der Waals surface area contributed by atoms with Gasteiger partial charge in [0, 0.05) is 17.8 Å². The fourth-order valence-corrected chi connectivity index (χ4v) is 4.59. The van der Waals surface area contributed by atoms with Gasteiger partial charge in [0.05, 0.1) is 0 Å². The largest absolute Gasteiger partial charge is 0.456 e. The van der Waals surface area contributed by atoms with Crippen LogP contribution in [0.25, 0.3) is 0 Å². The lowest BCUT2D eigenvalue weighted by molar-refractivity contribution is -0.149. The van der Waals surface area contributed by atoms with Gasteiger partial charge in [-0.15, -0.1) is 11.3 Å². The smallest absolute Gasteiger partial charge is 0.306 e. The van der Waals surface area contributed by atoms with E-state index >= 15 is 0 Å². The maximum atomic E-state index is 11.8. The van der Waals surface area contributed by atoms with Crippen LogP contribution in [0.3, 0.4) is 0 Å². The second-order valence-corrected chi connectivity index (χ2v) is 7.51. The molecule has 2 bridgehead atoms. The summed E-state index contributed by atoms with van der Waals surface area (Å²) in [5.74, 6) is 1.62. The predicted octanol–water partition coefficient (Wildman–Crippen LogP) is 2.78. The Morgan fingerprint density at radius 1 is 1.32 bits per heavy atom. The van der Waals surface area contributed by atoms with E-state index in [4.69, 9.17) is 4.74 Å². The van der Waals surface area contributed by atoms with Crippen molar-refractivity contribution in [1.29, 1.82) is 0 Å². The minimum atomic E-state index is -0.217. The molecular weight excluding hydrogens is 298 g/mol. The van der Waals surface area contributed by atoms with E-state index in [1.165, 1.54) is 30.6 Å². The highest BCUT2D eigenvalue weighted by molar-refractivity contribution is 7.09. The summed E-state index contributed by atoms with van der Waals surface area (Å²) in [5.41, 5.74) is 0. The first-order chi connectivity index (χ1) is 10.7. The molecule has 2 fully saturated rings. The number of ether oxygens (including phenoxy) is 1. The summed E-state index contributed by atoms with van der Waals surface area (Å²) in [6.07, 6.45) is 6.38. The fourth-order valence-electron chi connectivity index (χ4n) is 3.88. The Morgan fingerprint density at radius 2 is 2.23 bits per heavy atom. The molecule has 1 amide bonds. The molecule has 0 aliphatic heterocycles. The second kappa shape index (κ2) is 7.27. The zero-order chi connectivity index (χ0) is 15.4. The number of amides is 1. The van der Waals surface area contributed by atoms with Crippen LogP contribution in [0.2, 0.25) is 0 Å². The average Bonchev–Trinajstić information content (AvgIpc) is 3.22. The number of fused-ring (bicyclic) bond motifs is 2. The highest BCUT2D eigenvalue weighted by Crippen LogP contribution is 2.49. The molecule has 5 heteroatoms. The summed E-state index contributed by atoms with van der Waals surface area (Å²) < 4.78 is 5.11. The Hall–Kier alpha value is -1.36. The molecule has 0 radical (unpaired) electrons. The molecule has 120 valence electrons. The van der Waals surface area contributed by atoms with E-state index in [-0.39, 0.29) is 18.5 Å². The number of carbonyl (C=O) groups is 2. The standard InChI is InChI=1S/C17H23NO3S/c19-16(18-6-5-15-2-1-7-22-15)11-21-17(20)10-14-9-12-3-4-13(14)8-12/h1-2,7,12-14H,3-6,8-11H2,(H,18,19). The normalized spacial score (nSPS) is 26.1. The molecule has 3 rings (SSSR count). The van der Waals surface area contributed by atoms with Gasteiger partial charge < -0.3 is 10.1 Å². The molecule has 22 heavy (non-hydrogen) atoms. The van der Waals surface area contributed by atoms with Crippen LogP contribution < -0.4 is 5.32 Å². The molecule has 1 heterocycles. The van der Waals surface area contributed by atoms with Crippen LogP contribution in [0.1, 0.15) is 37.0 Å². The van der Waals surface area contributed by atoms with Crippen LogP contribution in [-0.2, 0) is 20.7 Å². The fraction of sp³-hybridized carbons (Fsp3) is 0.647. The summed E-state index contributed by atoms with van der Waals surface area (Å²) in [6, 6.07) is 4.05. The Balaban J connectivity index is 1.28. The van der Waals surface area contributed by atoms with E-state index in [0.717, 1.165) is 18.3 Å². The highest BCUT2D eigenvalue weighted by atomic mass is 32.1. The SMILES string of the molecule is O=C(COC(=O)CC1CC2CCC1C2)NCCc1cccs1. The summed E-state index contributed by atoms with van der Waals surface area (Å²) in [4.78, 5) is 24.7. The Labute approximate surface area is 135 Å². The van der Waals surface area contributed by atoms with Crippen molar-refractivity contribution in [2.24, 2.45) is 17.8 Å². The maximum absolute atomic E-state index is 11.8. The monoisotopic (exact) mass is 321 g/mol. The molecule has 1 aromatic heterocycles. The van der Waals surface area contributed by atoms with E-state index in [1.54, 1.807) is 11.3 Å². The van der Waals surface area contributed by atoms with E-state index in [1.807, 2.05) is 17.5 Å². The third kappa shape index (κ3) is 4.09. The number of rotatable bonds is 7. The third-order valence-corrected chi connectivity index (χ3v) is 5.89. The van der Waals surface area contributed by atoms with Crippen molar-refractivity contribution in [1.82, 2.24) is 5.32 Å². The van der Waals surface area contributed by atoms with E-state index in [0.29, 0.717) is 18.9 Å². The van der Waals surface area contributed by atoms with Crippen molar-refractivity contribution in [3.05, 3.63) is 22.4 Å². The molecule has 1 aromatic rings. The minimum Gasteiger partial charge on any atom is -0.456 e. The van der Waals surface area contributed by atoms with E-state index < -0.39 is 0 Å². The number of esters is 1. The lowest BCUT2D eigenvalue weighted by Crippen LogP contribution is -2.30. The average molecular weight is 321 g/mol. The molecule has 3 atom stereocenters. The molecule has 4 nitrogen and oxygen atoms in total. The summed E-state index contributed by atoms with van der Waals surface area (Å²) >= 11 is 1.68. The molecule has 0 aromatic carbocycles. The molecule has 2 aliphatic carbocycles. The van der Waals surface area contributed by atoms with Crippen molar-refractivity contribution >= 4 is 23.2 Å². The lowest BCUT2D eigenvalue weighted by atomic mass is 9.86. The van der Waals surface area contributed by atoms with Gasteiger partial charge in [-0.3, -0.25) is 9.59 Å². The second-order valence-electron chi connectivity index (χ2n) is 6.48. The van der Waals surface area contributed by atoms with Gasteiger partial charge in [-0.05, 0) is 54.9 Å². The first kappa shape index (κ1) is 15.5. The first-order valence-corrected chi connectivity index (χ1v) is 9.03. The maximum Gasteiger partial charge on any atom is 0.306 e. The lowest BCUT2D eigenvalue weighted by Gasteiger charge is -2.20. The van der Waals surface area contributed by atoms with Gasteiger partial charge in [0.15, 0.2) is 6.61 Å². The molecule has 0 spiro atoms. The summed E-state index contributed by atoms with van der Waals surface area (Å²) in [5, 5.41) is 4.81. The van der Waals surface area contributed by atoms with E-state index in [9.17, 15) is 9.59 Å². The quantitative estimate of drug-likeness (QED) is 0.786. The van der Waals surface area contributed by atoms with Crippen molar-refractivity contribution < 1.29 is 14.3 Å². The number of hydrogen-bond acceptors (Lipinski definition) is 4. The van der Waals surface area contributed by atoms with Crippen LogP contribution in [0.15, 0.2) is 17.5 Å². The van der Waals surface area contributed by atoms with Gasteiger partial charge in [-0.2, -0.15) is 0 Å². The first-order valence-electron chi connectivity index (χ1n) is 8.15. The van der Waals surface area contributed by atoms with Gasteiger partial charge in [-0.1, -0.05) is 12.5 Å². The molecule has 1 N–H and O–H groups in total. The minimum absolute atomic E-state index is 0.149. The topological polar surface area (TPSA) is 55.4 Å². The van der Waals surface area contributed by atoms with Crippen molar-refractivity contribution in [2.75, 3.05) is 13.2 Å².